The molecule has 0 atom stereocenters. The van der Waals surface area contributed by atoms with Gasteiger partial charge in [-0.05, 0) is 29.7 Å². The Morgan fingerprint density at radius 1 is 1.07 bits per heavy atom. The number of amides is 1. The number of benzene rings is 2. The second kappa shape index (κ2) is 9.19. The molecule has 0 aliphatic heterocycles. The van der Waals surface area contributed by atoms with E-state index in [1.54, 1.807) is 17.0 Å². The number of nitro groups is 1. The highest BCUT2D eigenvalue weighted by atomic mass is 16.6. The van der Waals surface area contributed by atoms with Crippen LogP contribution in [0.1, 0.15) is 35.5 Å². The van der Waals surface area contributed by atoms with Crippen LogP contribution >= 0.6 is 0 Å². The Morgan fingerprint density at radius 2 is 1.83 bits per heavy atom. The molecule has 0 radical (unpaired) electrons. The van der Waals surface area contributed by atoms with Gasteiger partial charge < -0.3 is 9.47 Å². The Balaban J connectivity index is 1.83. The van der Waals surface area contributed by atoms with Crippen LogP contribution in [0.5, 0.6) is 0 Å². The number of aromatic nitrogens is 1. The first-order chi connectivity index (χ1) is 13.9. The average molecular weight is 391 g/mol. The maximum atomic E-state index is 13.1. The van der Waals surface area contributed by atoms with Gasteiger partial charge in [0, 0.05) is 42.7 Å². The van der Waals surface area contributed by atoms with Gasteiger partial charge >= 0.3 is 0 Å². The molecule has 3 aromatic rings. The van der Waals surface area contributed by atoms with Crippen molar-refractivity contribution in [2.24, 2.45) is 5.92 Å². The van der Waals surface area contributed by atoms with Crippen molar-refractivity contribution in [3.63, 3.8) is 0 Å². The number of hydrogen-bond acceptors (Lipinski definition) is 3. The van der Waals surface area contributed by atoms with Gasteiger partial charge in [0.1, 0.15) is 0 Å². The molecule has 3 rings (SSSR count). The second-order valence-corrected chi connectivity index (χ2v) is 7.50. The normalized spacial score (nSPS) is 10.9. The first kappa shape index (κ1) is 20.3. The van der Waals surface area contributed by atoms with Crippen molar-refractivity contribution in [3.05, 3.63) is 99.9 Å². The molecule has 0 unspecified atom stereocenters. The minimum atomic E-state index is -0.478. The van der Waals surface area contributed by atoms with Crippen LogP contribution in [0.4, 0.5) is 5.69 Å². The van der Waals surface area contributed by atoms with E-state index in [9.17, 15) is 14.9 Å². The smallest absolute Gasteiger partial charge is 0.270 e. The zero-order chi connectivity index (χ0) is 20.8. The van der Waals surface area contributed by atoms with E-state index in [-0.39, 0.29) is 17.5 Å². The molecule has 1 heterocycles. The van der Waals surface area contributed by atoms with Crippen LogP contribution in [-0.4, -0.2) is 26.8 Å². The van der Waals surface area contributed by atoms with Gasteiger partial charge in [0.25, 0.3) is 11.6 Å². The minimum absolute atomic E-state index is 0.0761. The number of non-ortho nitro benzene ring substituents is 1. The van der Waals surface area contributed by atoms with Gasteiger partial charge in [-0.15, -0.1) is 0 Å². The molecule has 0 saturated heterocycles. The van der Waals surface area contributed by atoms with Gasteiger partial charge in [-0.25, -0.2) is 0 Å². The Hall–Kier alpha value is -3.41. The number of nitro benzene ring substituents is 1. The lowest BCUT2D eigenvalue weighted by atomic mass is 10.1. The first-order valence-electron chi connectivity index (χ1n) is 9.65. The van der Waals surface area contributed by atoms with Gasteiger partial charge in [0.15, 0.2) is 0 Å². The number of hydrogen-bond donors (Lipinski definition) is 0. The van der Waals surface area contributed by atoms with E-state index in [0.29, 0.717) is 18.7 Å². The van der Waals surface area contributed by atoms with E-state index in [4.69, 9.17) is 0 Å². The molecular weight excluding hydrogens is 366 g/mol. The summed E-state index contributed by atoms with van der Waals surface area (Å²) in [6.45, 7) is 5.84. The highest BCUT2D eigenvalue weighted by Gasteiger charge is 2.20. The van der Waals surface area contributed by atoms with E-state index in [2.05, 4.69) is 30.5 Å². The summed E-state index contributed by atoms with van der Waals surface area (Å²) in [7, 11) is 0. The third-order valence-corrected chi connectivity index (χ3v) is 4.65. The van der Waals surface area contributed by atoms with Crippen LogP contribution in [0.2, 0.25) is 0 Å². The Bertz CT molecular complexity index is 980. The van der Waals surface area contributed by atoms with Crippen LogP contribution < -0.4 is 0 Å². The summed E-state index contributed by atoms with van der Waals surface area (Å²) in [6, 6.07) is 20.1. The van der Waals surface area contributed by atoms with Crippen molar-refractivity contribution >= 4 is 11.6 Å². The molecule has 0 N–H and O–H groups in total. The van der Waals surface area contributed by atoms with Crippen LogP contribution in [0, 0.1) is 16.0 Å². The fourth-order valence-corrected chi connectivity index (χ4v) is 3.32. The molecule has 0 aliphatic carbocycles. The molecule has 1 amide bonds. The lowest BCUT2D eigenvalue weighted by Gasteiger charge is -2.25. The predicted molar refractivity (Wildman–Crippen MR) is 113 cm³/mol. The molecular formula is C23H25N3O3. The molecule has 150 valence electrons. The number of carbonyl (C=O) groups is 1. The van der Waals surface area contributed by atoms with Gasteiger partial charge in [0.05, 0.1) is 11.5 Å². The molecule has 6 heteroatoms. The van der Waals surface area contributed by atoms with Crippen LogP contribution in [0.3, 0.4) is 0 Å². The molecule has 2 aromatic carbocycles. The van der Waals surface area contributed by atoms with Crippen LogP contribution in [0.25, 0.3) is 0 Å². The maximum Gasteiger partial charge on any atom is 0.270 e. The summed E-state index contributed by atoms with van der Waals surface area (Å²) in [5.74, 6) is 0.0741. The lowest BCUT2D eigenvalue weighted by molar-refractivity contribution is -0.384. The van der Waals surface area contributed by atoms with Crippen LogP contribution in [0.15, 0.2) is 72.9 Å². The van der Waals surface area contributed by atoms with Crippen molar-refractivity contribution in [3.8, 4) is 0 Å². The third kappa shape index (κ3) is 5.31. The maximum absolute atomic E-state index is 13.1. The van der Waals surface area contributed by atoms with Crippen molar-refractivity contribution in [1.82, 2.24) is 9.47 Å². The van der Waals surface area contributed by atoms with E-state index < -0.39 is 4.92 Å². The van der Waals surface area contributed by atoms with E-state index in [1.807, 2.05) is 36.5 Å². The van der Waals surface area contributed by atoms with Crippen molar-refractivity contribution in [2.45, 2.75) is 26.9 Å². The number of nitrogens with zero attached hydrogens (tertiary/aromatic N) is 3. The SMILES string of the molecule is CC(C)CN(Cc1cccn1Cc1ccccc1)C(=O)c1cccc([N+](=O)[O-])c1. The summed E-state index contributed by atoms with van der Waals surface area (Å²) in [6.07, 6.45) is 2.01. The van der Waals surface area contributed by atoms with Gasteiger partial charge in [-0.3, -0.25) is 14.9 Å². The van der Waals surface area contributed by atoms with Crippen molar-refractivity contribution in [2.75, 3.05) is 6.54 Å². The third-order valence-electron chi connectivity index (χ3n) is 4.65. The first-order valence-corrected chi connectivity index (χ1v) is 9.65. The molecule has 0 aliphatic rings. The molecule has 0 fully saturated rings. The zero-order valence-corrected chi connectivity index (χ0v) is 16.7. The van der Waals surface area contributed by atoms with Gasteiger partial charge in [-0.2, -0.15) is 0 Å². The van der Waals surface area contributed by atoms with Crippen LogP contribution in [-0.2, 0) is 13.1 Å². The molecule has 0 spiro atoms. The summed E-state index contributed by atoms with van der Waals surface area (Å²) < 4.78 is 2.13. The molecule has 29 heavy (non-hydrogen) atoms. The number of rotatable bonds is 8. The summed E-state index contributed by atoms with van der Waals surface area (Å²) in [5, 5.41) is 11.1. The molecule has 1 aromatic heterocycles. The van der Waals surface area contributed by atoms with Crippen molar-refractivity contribution < 1.29 is 9.72 Å². The zero-order valence-electron chi connectivity index (χ0n) is 16.7. The highest BCUT2D eigenvalue weighted by Crippen LogP contribution is 2.18. The van der Waals surface area contributed by atoms with E-state index in [1.165, 1.54) is 17.7 Å². The quantitative estimate of drug-likeness (QED) is 0.411. The topological polar surface area (TPSA) is 68.4 Å². The molecule has 0 bridgehead atoms. The lowest BCUT2D eigenvalue weighted by Crippen LogP contribution is -2.34. The summed E-state index contributed by atoms with van der Waals surface area (Å²) >= 11 is 0. The summed E-state index contributed by atoms with van der Waals surface area (Å²) in [5.41, 5.74) is 2.47. The molecule has 0 saturated carbocycles. The number of carbonyl (C=O) groups excluding carboxylic acids is 1. The standard InChI is InChI=1S/C23H25N3O3/c1-18(2)15-25(23(27)20-10-6-11-21(14-20)26(28)29)17-22-12-7-13-24(22)16-19-8-4-3-5-9-19/h3-14,18H,15-17H2,1-2H3. The van der Waals surface area contributed by atoms with E-state index >= 15 is 0 Å². The monoisotopic (exact) mass is 391 g/mol. The van der Waals surface area contributed by atoms with Crippen molar-refractivity contribution in [1.29, 1.82) is 0 Å². The van der Waals surface area contributed by atoms with Gasteiger partial charge in [-0.1, -0.05) is 50.2 Å². The predicted octanol–water partition coefficient (Wildman–Crippen LogP) is 4.74. The fourth-order valence-electron chi connectivity index (χ4n) is 3.32. The fraction of sp³-hybridized carbons (Fsp3) is 0.261. The Kier molecular flexibility index (Phi) is 6.44. The Morgan fingerprint density at radius 3 is 2.52 bits per heavy atom. The summed E-state index contributed by atoms with van der Waals surface area (Å²) in [4.78, 5) is 25.5. The average Bonchev–Trinajstić information content (AvgIpc) is 3.14. The van der Waals surface area contributed by atoms with E-state index in [0.717, 1.165) is 12.2 Å². The minimum Gasteiger partial charge on any atom is -0.345 e. The molecule has 6 nitrogen and oxygen atoms in total. The van der Waals surface area contributed by atoms with Gasteiger partial charge in [0.2, 0.25) is 0 Å². The Labute approximate surface area is 170 Å². The largest absolute Gasteiger partial charge is 0.345 e. The second-order valence-electron chi connectivity index (χ2n) is 7.50. The highest BCUT2D eigenvalue weighted by molar-refractivity contribution is 5.94.